The van der Waals surface area contributed by atoms with E-state index in [1.54, 1.807) is 30.1 Å². The number of hydrogen-bond acceptors (Lipinski definition) is 2. The Labute approximate surface area is 199 Å². The summed E-state index contributed by atoms with van der Waals surface area (Å²) in [7, 11) is 1.59. The van der Waals surface area contributed by atoms with Crippen molar-refractivity contribution >= 4 is 35.0 Å². The van der Waals surface area contributed by atoms with Crippen LogP contribution in [0.15, 0.2) is 72.8 Å². The van der Waals surface area contributed by atoms with Gasteiger partial charge in [0.1, 0.15) is 6.04 Å². The van der Waals surface area contributed by atoms with Crippen LogP contribution in [0.2, 0.25) is 10.0 Å². The van der Waals surface area contributed by atoms with Gasteiger partial charge >= 0.3 is 0 Å². The lowest BCUT2D eigenvalue weighted by atomic mass is 10.0. The number of likely N-dealkylation sites (N-methyl/N-ethyl adjacent to an activating group) is 1. The number of benzene rings is 3. The normalized spacial score (nSPS) is 11.6. The van der Waals surface area contributed by atoms with Crippen molar-refractivity contribution in [1.29, 1.82) is 0 Å². The van der Waals surface area contributed by atoms with E-state index in [1.165, 1.54) is 0 Å². The maximum atomic E-state index is 13.5. The highest BCUT2D eigenvalue weighted by Gasteiger charge is 2.30. The van der Waals surface area contributed by atoms with Gasteiger partial charge in [-0.15, -0.1) is 0 Å². The lowest BCUT2D eigenvalue weighted by Crippen LogP contribution is -2.50. The third kappa shape index (κ3) is 6.35. The molecular weight excluding hydrogens is 443 g/mol. The Balaban J connectivity index is 1.95. The number of rotatable bonds is 8. The zero-order valence-electron chi connectivity index (χ0n) is 18.1. The zero-order chi connectivity index (χ0) is 23.1. The minimum absolute atomic E-state index is 0.0736. The largest absolute Gasteiger partial charge is 0.357 e. The van der Waals surface area contributed by atoms with Gasteiger partial charge in [0, 0.05) is 30.1 Å². The quantitative estimate of drug-likeness (QED) is 0.491. The molecule has 3 aromatic carbocycles. The van der Waals surface area contributed by atoms with Crippen molar-refractivity contribution in [1.82, 2.24) is 10.2 Å². The van der Waals surface area contributed by atoms with Crippen LogP contribution in [0.3, 0.4) is 0 Å². The van der Waals surface area contributed by atoms with Crippen molar-refractivity contribution in [3.05, 3.63) is 105 Å². The summed E-state index contributed by atoms with van der Waals surface area (Å²) < 4.78 is 0. The Hall–Kier alpha value is -2.82. The molecule has 0 heterocycles. The van der Waals surface area contributed by atoms with Gasteiger partial charge < -0.3 is 10.2 Å². The second-order valence-electron chi connectivity index (χ2n) is 7.74. The van der Waals surface area contributed by atoms with Crippen LogP contribution in [-0.4, -0.2) is 29.8 Å². The van der Waals surface area contributed by atoms with Crippen molar-refractivity contribution < 1.29 is 9.59 Å². The monoisotopic (exact) mass is 468 g/mol. The van der Waals surface area contributed by atoms with Gasteiger partial charge in [0.25, 0.3) is 0 Å². The molecule has 0 aromatic heterocycles. The van der Waals surface area contributed by atoms with Crippen molar-refractivity contribution in [2.75, 3.05) is 7.05 Å². The molecule has 0 aliphatic carbocycles. The van der Waals surface area contributed by atoms with Crippen LogP contribution in [-0.2, 0) is 29.0 Å². The maximum absolute atomic E-state index is 13.5. The van der Waals surface area contributed by atoms with Gasteiger partial charge in [-0.1, -0.05) is 89.4 Å². The van der Waals surface area contributed by atoms with Crippen LogP contribution in [0.5, 0.6) is 0 Å². The topological polar surface area (TPSA) is 49.4 Å². The number of hydrogen-bond donors (Lipinski definition) is 1. The molecular formula is C26H26Cl2N2O2. The van der Waals surface area contributed by atoms with E-state index in [0.29, 0.717) is 28.6 Å². The SMILES string of the molecule is CNC(=O)C(Cc1ccccc1)N(Cc1ccc(C)cc1)C(=O)Cc1ccc(Cl)cc1Cl. The van der Waals surface area contributed by atoms with Crippen molar-refractivity contribution in [3.63, 3.8) is 0 Å². The second-order valence-corrected chi connectivity index (χ2v) is 8.58. The molecule has 3 rings (SSSR count). The van der Waals surface area contributed by atoms with Gasteiger partial charge in [0.2, 0.25) is 11.8 Å². The summed E-state index contributed by atoms with van der Waals surface area (Å²) >= 11 is 12.3. The Morgan fingerprint density at radius 2 is 1.62 bits per heavy atom. The number of amides is 2. The first-order valence-electron chi connectivity index (χ1n) is 10.4. The number of nitrogens with one attached hydrogen (secondary N) is 1. The molecule has 0 aliphatic heterocycles. The summed E-state index contributed by atoms with van der Waals surface area (Å²) in [5.74, 6) is -0.393. The molecule has 166 valence electrons. The molecule has 0 saturated carbocycles. The Kier molecular flexibility index (Phi) is 8.32. The van der Waals surface area contributed by atoms with Gasteiger partial charge in [-0.25, -0.2) is 0 Å². The summed E-state index contributed by atoms with van der Waals surface area (Å²) in [5.41, 5.74) is 3.73. The average molecular weight is 469 g/mol. The fourth-order valence-corrected chi connectivity index (χ4v) is 4.02. The summed E-state index contributed by atoms with van der Waals surface area (Å²) in [6.07, 6.45) is 0.483. The molecule has 0 fully saturated rings. The number of carbonyl (C=O) groups is 2. The first-order chi connectivity index (χ1) is 15.4. The number of carbonyl (C=O) groups excluding carboxylic acids is 2. The molecule has 2 amide bonds. The molecule has 0 aliphatic rings. The van der Waals surface area contributed by atoms with Crippen LogP contribution >= 0.6 is 23.2 Å². The second kappa shape index (κ2) is 11.2. The smallest absolute Gasteiger partial charge is 0.242 e. The summed E-state index contributed by atoms with van der Waals surface area (Å²) in [4.78, 5) is 28.1. The van der Waals surface area contributed by atoms with Gasteiger partial charge in [0.05, 0.1) is 6.42 Å². The van der Waals surface area contributed by atoms with E-state index in [9.17, 15) is 9.59 Å². The zero-order valence-corrected chi connectivity index (χ0v) is 19.7. The van der Waals surface area contributed by atoms with E-state index >= 15 is 0 Å². The Morgan fingerprint density at radius 1 is 0.938 bits per heavy atom. The van der Waals surface area contributed by atoms with Crippen LogP contribution in [0.4, 0.5) is 0 Å². The molecule has 1 atom stereocenters. The highest BCUT2D eigenvalue weighted by molar-refractivity contribution is 6.35. The minimum Gasteiger partial charge on any atom is -0.357 e. The molecule has 1 unspecified atom stereocenters. The van der Waals surface area contributed by atoms with E-state index in [1.807, 2.05) is 61.5 Å². The number of aryl methyl sites for hydroxylation is 1. The molecule has 0 bridgehead atoms. The minimum atomic E-state index is -0.665. The van der Waals surface area contributed by atoms with E-state index in [-0.39, 0.29) is 18.2 Å². The van der Waals surface area contributed by atoms with Gasteiger partial charge in [-0.2, -0.15) is 0 Å². The predicted octanol–water partition coefficient (Wildman–Crippen LogP) is 5.23. The third-order valence-electron chi connectivity index (χ3n) is 5.35. The molecule has 0 saturated heterocycles. The third-order valence-corrected chi connectivity index (χ3v) is 5.93. The van der Waals surface area contributed by atoms with E-state index < -0.39 is 6.04 Å². The van der Waals surface area contributed by atoms with Crippen molar-refractivity contribution in [2.45, 2.75) is 32.4 Å². The average Bonchev–Trinajstić information content (AvgIpc) is 2.79. The van der Waals surface area contributed by atoms with Gasteiger partial charge in [-0.05, 0) is 35.7 Å². The van der Waals surface area contributed by atoms with E-state index in [0.717, 1.165) is 16.7 Å². The summed E-state index contributed by atoms with van der Waals surface area (Å²) in [6.45, 7) is 2.33. The Bertz CT molecular complexity index is 1070. The van der Waals surface area contributed by atoms with Crippen LogP contribution < -0.4 is 5.32 Å². The fraction of sp³-hybridized carbons (Fsp3) is 0.231. The summed E-state index contributed by atoms with van der Waals surface area (Å²) in [5, 5.41) is 3.66. The van der Waals surface area contributed by atoms with Crippen LogP contribution in [0, 0.1) is 6.92 Å². The molecule has 1 N–H and O–H groups in total. The van der Waals surface area contributed by atoms with Crippen LogP contribution in [0.25, 0.3) is 0 Å². The predicted molar refractivity (Wildman–Crippen MR) is 130 cm³/mol. The molecule has 0 radical (unpaired) electrons. The highest BCUT2D eigenvalue weighted by atomic mass is 35.5. The first-order valence-corrected chi connectivity index (χ1v) is 11.2. The lowest BCUT2D eigenvalue weighted by molar-refractivity contribution is -0.140. The Morgan fingerprint density at radius 3 is 2.25 bits per heavy atom. The molecule has 6 heteroatoms. The molecule has 0 spiro atoms. The lowest BCUT2D eigenvalue weighted by Gasteiger charge is -2.31. The van der Waals surface area contributed by atoms with Crippen molar-refractivity contribution in [2.24, 2.45) is 0 Å². The molecule has 3 aromatic rings. The van der Waals surface area contributed by atoms with Gasteiger partial charge in [-0.3, -0.25) is 9.59 Å². The standard InChI is InChI=1S/C26H26Cl2N2O2/c1-18-8-10-20(11-9-18)17-30(25(31)15-21-12-13-22(27)16-23(21)28)24(26(32)29-2)14-19-6-4-3-5-7-19/h3-13,16,24H,14-15,17H2,1-2H3,(H,29,32). The van der Waals surface area contributed by atoms with E-state index in [4.69, 9.17) is 23.2 Å². The number of halogens is 2. The number of nitrogens with zero attached hydrogens (tertiary/aromatic N) is 1. The fourth-order valence-electron chi connectivity index (χ4n) is 3.54. The molecule has 32 heavy (non-hydrogen) atoms. The first kappa shape index (κ1) is 23.8. The molecule has 4 nitrogen and oxygen atoms in total. The van der Waals surface area contributed by atoms with Crippen LogP contribution in [0.1, 0.15) is 22.3 Å². The van der Waals surface area contributed by atoms with E-state index in [2.05, 4.69) is 5.32 Å². The van der Waals surface area contributed by atoms with Gasteiger partial charge in [0.15, 0.2) is 0 Å². The summed E-state index contributed by atoms with van der Waals surface area (Å²) in [6, 6.07) is 22.1. The van der Waals surface area contributed by atoms with Crippen molar-refractivity contribution in [3.8, 4) is 0 Å². The maximum Gasteiger partial charge on any atom is 0.242 e. The highest BCUT2D eigenvalue weighted by Crippen LogP contribution is 2.23.